The normalized spacial score (nSPS) is 11.7. The van der Waals surface area contributed by atoms with Crippen molar-refractivity contribution in [1.29, 1.82) is 0 Å². The summed E-state index contributed by atoms with van der Waals surface area (Å²) in [6, 6.07) is 1.14. The van der Waals surface area contributed by atoms with Gasteiger partial charge in [0.05, 0.1) is 0 Å². The molecule has 0 saturated heterocycles. The van der Waals surface area contributed by atoms with E-state index >= 15 is 0 Å². The fraction of sp³-hybridized carbons (Fsp3) is 0.364. The van der Waals surface area contributed by atoms with Crippen molar-refractivity contribution in [2.24, 2.45) is 0 Å². The first-order chi connectivity index (χ1) is 9.94. The largest absolute Gasteiger partial charge is 0.477 e. The van der Waals surface area contributed by atoms with Gasteiger partial charge in [-0.15, -0.1) is 0 Å². The summed E-state index contributed by atoms with van der Waals surface area (Å²) in [5.41, 5.74) is -0.0619. The molecule has 0 aromatic carbocycles. The van der Waals surface area contributed by atoms with E-state index in [1.807, 2.05) is 0 Å². The van der Waals surface area contributed by atoms with Crippen LogP contribution in [-0.2, 0) is 23.0 Å². The van der Waals surface area contributed by atoms with Crippen molar-refractivity contribution >= 4 is 16.0 Å². The lowest BCUT2D eigenvalue weighted by atomic mass is 10.4. The lowest BCUT2D eigenvalue weighted by Gasteiger charge is -2.03. The van der Waals surface area contributed by atoms with Crippen molar-refractivity contribution in [2.75, 3.05) is 6.54 Å². The van der Waals surface area contributed by atoms with Gasteiger partial charge in [0.15, 0.2) is 0 Å². The number of rotatable bonds is 7. The third kappa shape index (κ3) is 3.47. The van der Waals surface area contributed by atoms with E-state index in [1.165, 1.54) is 17.1 Å². The van der Waals surface area contributed by atoms with Crippen LogP contribution in [-0.4, -0.2) is 45.8 Å². The molecule has 2 rings (SSSR count). The number of aryl methyl sites for hydroxylation is 1. The van der Waals surface area contributed by atoms with Crippen LogP contribution in [0.2, 0.25) is 0 Å². The molecule has 2 aromatic rings. The van der Waals surface area contributed by atoms with E-state index in [4.69, 9.17) is 5.11 Å². The van der Waals surface area contributed by atoms with Gasteiger partial charge in [0.1, 0.15) is 22.7 Å². The number of aromatic amines is 1. The van der Waals surface area contributed by atoms with Crippen LogP contribution in [0.3, 0.4) is 0 Å². The summed E-state index contributed by atoms with van der Waals surface area (Å²) >= 11 is 0. The van der Waals surface area contributed by atoms with Gasteiger partial charge in [-0.2, -0.15) is 5.10 Å². The highest BCUT2D eigenvalue weighted by Crippen LogP contribution is 2.14. The zero-order valence-electron chi connectivity index (χ0n) is 11.3. The van der Waals surface area contributed by atoms with E-state index < -0.39 is 16.0 Å². The summed E-state index contributed by atoms with van der Waals surface area (Å²) in [5, 5.41) is 15.3. The molecule has 2 heterocycles. The van der Waals surface area contributed by atoms with E-state index in [-0.39, 0.29) is 17.1 Å². The number of hydrogen-bond acceptors (Lipinski definition) is 5. The molecule has 0 bridgehead atoms. The van der Waals surface area contributed by atoms with Crippen molar-refractivity contribution in [3.63, 3.8) is 0 Å². The van der Waals surface area contributed by atoms with Crippen molar-refractivity contribution in [3.8, 4) is 0 Å². The minimum atomic E-state index is -3.76. The molecule has 0 saturated carbocycles. The predicted molar refractivity (Wildman–Crippen MR) is 72.3 cm³/mol. The first-order valence-corrected chi connectivity index (χ1v) is 7.69. The van der Waals surface area contributed by atoms with Crippen LogP contribution in [0.5, 0.6) is 0 Å². The van der Waals surface area contributed by atoms with Crippen molar-refractivity contribution in [3.05, 3.63) is 30.1 Å². The second kappa shape index (κ2) is 6.06. The zero-order valence-corrected chi connectivity index (χ0v) is 12.1. The molecule has 21 heavy (non-hydrogen) atoms. The number of carbonyl (C=O) groups is 1. The molecular weight excluding hydrogens is 298 g/mol. The summed E-state index contributed by atoms with van der Waals surface area (Å²) in [5.74, 6) is -0.602. The van der Waals surface area contributed by atoms with E-state index in [9.17, 15) is 13.2 Å². The Bertz CT molecular complexity index is 720. The molecule has 0 atom stereocenters. The van der Waals surface area contributed by atoms with Gasteiger partial charge < -0.3 is 9.67 Å². The second-order valence-corrected chi connectivity index (χ2v) is 6.00. The van der Waals surface area contributed by atoms with E-state index in [1.54, 1.807) is 6.92 Å². The van der Waals surface area contributed by atoms with Gasteiger partial charge in [-0.25, -0.2) is 22.9 Å². The smallest absolute Gasteiger partial charge is 0.352 e. The molecule has 10 heteroatoms. The van der Waals surface area contributed by atoms with Crippen LogP contribution < -0.4 is 4.72 Å². The summed E-state index contributed by atoms with van der Waals surface area (Å²) in [6.07, 6.45) is 3.00. The number of sulfonamides is 1. The number of carboxylic acids is 1. The maximum atomic E-state index is 12.1. The number of hydrogen-bond donors (Lipinski definition) is 3. The highest BCUT2D eigenvalue weighted by atomic mass is 32.2. The predicted octanol–water partition coefficient (Wildman–Crippen LogP) is -0.155. The number of nitrogens with zero attached hydrogens (tertiary/aromatic N) is 3. The molecule has 0 aliphatic heterocycles. The van der Waals surface area contributed by atoms with Gasteiger partial charge in [-0.05, 0) is 13.0 Å². The Morgan fingerprint density at radius 3 is 2.81 bits per heavy atom. The Morgan fingerprint density at radius 2 is 2.29 bits per heavy atom. The fourth-order valence-corrected chi connectivity index (χ4v) is 2.88. The van der Waals surface area contributed by atoms with Gasteiger partial charge in [0, 0.05) is 25.7 Å². The molecule has 9 nitrogen and oxygen atoms in total. The summed E-state index contributed by atoms with van der Waals surface area (Å²) in [7, 11) is -3.76. The second-order valence-electron chi connectivity index (χ2n) is 4.23. The average Bonchev–Trinajstić information content (AvgIpc) is 3.07. The summed E-state index contributed by atoms with van der Waals surface area (Å²) in [4.78, 5) is 14.8. The maximum Gasteiger partial charge on any atom is 0.352 e. The first kappa shape index (κ1) is 15.2. The van der Waals surface area contributed by atoms with E-state index in [0.29, 0.717) is 18.8 Å². The Labute approximate surface area is 121 Å². The number of nitrogens with one attached hydrogen (secondary N) is 2. The monoisotopic (exact) mass is 313 g/mol. The van der Waals surface area contributed by atoms with Gasteiger partial charge in [0.2, 0.25) is 10.0 Å². The van der Waals surface area contributed by atoms with Crippen LogP contribution in [0.1, 0.15) is 23.2 Å². The lowest BCUT2D eigenvalue weighted by molar-refractivity contribution is 0.0685. The zero-order chi connectivity index (χ0) is 15.5. The molecule has 2 aromatic heterocycles. The molecule has 0 aliphatic rings. The summed E-state index contributed by atoms with van der Waals surface area (Å²) in [6.45, 7) is 2.24. The van der Waals surface area contributed by atoms with Gasteiger partial charge >= 0.3 is 5.97 Å². The van der Waals surface area contributed by atoms with Crippen LogP contribution in [0.25, 0.3) is 0 Å². The fourth-order valence-electron chi connectivity index (χ4n) is 1.81. The van der Waals surface area contributed by atoms with Crippen molar-refractivity contribution < 1.29 is 18.3 Å². The number of H-pyrrole nitrogens is 1. The molecule has 0 amide bonds. The number of aromatic carboxylic acids is 1. The topological polar surface area (TPSA) is 130 Å². The Hall–Kier alpha value is -2.20. The summed E-state index contributed by atoms with van der Waals surface area (Å²) < 4.78 is 28.0. The molecule has 0 fully saturated rings. The average molecular weight is 313 g/mol. The molecule has 0 spiro atoms. The maximum absolute atomic E-state index is 12.1. The van der Waals surface area contributed by atoms with Crippen LogP contribution >= 0.6 is 0 Å². The first-order valence-electron chi connectivity index (χ1n) is 6.21. The van der Waals surface area contributed by atoms with E-state index in [0.717, 1.165) is 6.07 Å². The van der Waals surface area contributed by atoms with E-state index in [2.05, 4.69) is 19.9 Å². The van der Waals surface area contributed by atoms with Crippen LogP contribution in [0.4, 0.5) is 0 Å². The van der Waals surface area contributed by atoms with Gasteiger partial charge in [-0.3, -0.25) is 5.10 Å². The minimum Gasteiger partial charge on any atom is -0.477 e. The number of aromatic nitrogens is 4. The Kier molecular flexibility index (Phi) is 4.38. The molecule has 0 aliphatic carbocycles. The van der Waals surface area contributed by atoms with Crippen molar-refractivity contribution in [1.82, 2.24) is 24.5 Å². The third-order valence-corrected chi connectivity index (χ3v) is 4.29. The molecule has 114 valence electrons. The van der Waals surface area contributed by atoms with Crippen molar-refractivity contribution in [2.45, 2.75) is 24.8 Å². The molecule has 0 radical (unpaired) electrons. The highest BCUT2D eigenvalue weighted by Gasteiger charge is 2.20. The third-order valence-electron chi connectivity index (χ3n) is 2.86. The quantitative estimate of drug-likeness (QED) is 0.651. The van der Waals surface area contributed by atoms with Gasteiger partial charge in [0.25, 0.3) is 0 Å². The Morgan fingerprint density at radius 1 is 1.52 bits per heavy atom. The molecule has 3 N–H and O–H groups in total. The highest BCUT2D eigenvalue weighted by molar-refractivity contribution is 7.89. The lowest BCUT2D eigenvalue weighted by Crippen LogP contribution is -2.26. The van der Waals surface area contributed by atoms with Crippen LogP contribution in [0, 0.1) is 0 Å². The van der Waals surface area contributed by atoms with Crippen LogP contribution in [0.15, 0.2) is 23.5 Å². The standard InChI is InChI=1S/C11H15N5O4S/c1-2-16-6-8(5-9(16)11(17)18)21(19,20)14-4-3-10-12-7-13-15-10/h5-7,14H,2-4H2,1H3,(H,17,18)(H,12,13,15). The minimum absolute atomic E-state index is 0.0619. The molecular formula is C11H15N5O4S. The SMILES string of the molecule is CCn1cc(S(=O)(=O)NCCc2ncn[nH]2)cc1C(=O)O. The Balaban J connectivity index is 2.10. The van der Waals surface area contributed by atoms with Gasteiger partial charge in [-0.1, -0.05) is 0 Å². The molecule has 0 unspecified atom stereocenters. The number of carboxylic acid groups (broad SMARTS) is 1.